The van der Waals surface area contributed by atoms with E-state index in [1.54, 1.807) is 0 Å². The molecule has 2 aromatic carbocycles. The average molecular weight is 302 g/mol. The van der Waals surface area contributed by atoms with Crippen LogP contribution in [0.25, 0.3) is 33.2 Å². The number of hydrogen-bond acceptors (Lipinski definition) is 1. The van der Waals surface area contributed by atoms with E-state index < -0.39 is 0 Å². The molecule has 0 amide bonds. The minimum atomic E-state index is 1.000. The van der Waals surface area contributed by atoms with Crippen molar-refractivity contribution in [3.63, 3.8) is 0 Å². The number of aryl methyl sites for hydroxylation is 3. The number of nitrogens with zero attached hydrogens (tertiary/aromatic N) is 1. The van der Waals surface area contributed by atoms with Crippen molar-refractivity contribution in [2.45, 2.75) is 20.8 Å². The minimum absolute atomic E-state index is 1.000. The van der Waals surface area contributed by atoms with Crippen LogP contribution in [0.2, 0.25) is 0 Å². The first kappa shape index (κ1) is 14.0. The van der Waals surface area contributed by atoms with Gasteiger partial charge in [0.25, 0.3) is 0 Å². The Hall–Kier alpha value is -2.61. The molecule has 0 unspecified atom stereocenters. The summed E-state index contributed by atoms with van der Waals surface area (Å²) in [5, 5.41) is 2.40. The fourth-order valence-electron chi connectivity index (χ4n) is 3.40. The molecular weight excluding hydrogens is 282 g/mol. The molecule has 0 saturated heterocycles. The second-order valence-corrected chi connectivity index (χ2v) is 6.30. The van der Waals surface area contributed by atoms with Crippen LogP contribution in [0.15, 0.2) is 53.1 Å². The van der Waals surface area contributed by atoms with Crippen LogP contribution in [-0.2, 0) is 7.05 Å². The lowest BCUT2D eigenvalue weighted by molar-refractivity contribution is -0.660. The molecule has 0 aliphatic carbocycles. The Labute approximate surface area is 136 Å². The van der Waals surface area contributed by atoms with Crippen molar-refractivity contribution in [1.29, 1.82) is 0 Å². The van der Waals surface area contributed by atoms with Crippen LogP contribution in [0.1, 0.15) is 16.7 Å². The number of benzene rings is 2. The predicted molar refractivity (Wildman–Crippen MR) is 94.5 cm³/mol. The Kier molecular flexibility index (Phi) is 3.02. The number of fused-ring (bicyclic) bond motifs is 3. The van der Waals surface area contributed by atoms with Gasteiger partial charge in [-0.2, -0.15) is 0 Å². The monoisotopic (exact) mass is 302 g/mol. The summed E-state index contributed by atoms with van der Waals surface area (Å²) in [6.45, 7) is 6.43. The predicted octanol–water partition coefficient (Wildman–Crippen LogP) is 5.00. The Morgan fingerprint density at radius 2 is 1.65 bits per heavy atom. The summed E-state index contributed by atoms with van der Waals surface area (Å²) < 4.78 is 8.38. The largest absolute Gasteiger partial charge is 0.455 e. The minimum Gasteiger partial charge on any atom is -0.455 e. The molecule has 0 N–H and O–H groups in total. The number of furan rings is 1. The Balaban J connectivity index is 2.15. The first-order chi connectivity index (χ1) is 11.1. The molecule has 0 fully saturated rings. The second kappa shape index (κ2) is 4.95. The third-order valence-corrected chi connectivity index (χ3v) is 4.88. The standard InChI is InChI=1S/C21H20NO/c1-13-8-7-9-16-18-12-17(19-10-5-6-11-22(19)4)14(2)15(3)21(18)23-20(13)16/h5-12H,1-4H3/q+1. The zero-order chi connectivity index (χ0) is 16.1. The van der Waals surface area contributed by atoms with Crippen molar-refractivity contribution >= 4 is 21.9 Å². The van der Waals surface area contributed by atoms with Gasteiger partial charge in [-0.05, 0) is 49.6 Å². The van der Waals surface area contributed by atoms with Gasteiger partial charge in [-0.25, -0.2) is 4.57 Å². The fraction of sp³-hybridized carbons (Fsp3) is 0.190. The van der Waals surface area contributed by atoms with Crippen LogP contribution in [-0.4, -0.2) is 0 Å². The van der Waals surface area contributed by atoms with Gasteiger partial charge in [0.05, 0.1) is 5.56 Å². The lowest BCUT2D eigenvalue weighted by atomic mass is 9.96. The molecule has 4 rings (SSSR count). The molecule has 0 atom stereocenters. The lowest BCUT2D eigenvalue weighted by Gasteiger charge is -2.08. The molecule has 0 spiro atoms. The van der Waals surface area contributed by atoms with E-state index in [4.69, 9.17) is 4.42 Å². The van der Waals surface area contributed by atoms with Gasteiger partial charge in [0.2, 0.25) is 5.69 Å². The topological polar surface area (TPSA) is 17.0 Å². The third-order valence-electron chi connectivity index (χ3n) is 4.88. The first-order valence-electron chi connectivity index (χ1n) is 7.95. The van der Waals surface area contributed by atoms with Gasteiger partial charge in [-0.15, -0.1) is 0 Å². The number of rotatable bonds is 1. The molecular formula is C21H20NO+. The van der Waals surface area contributed by atoms with Gasteiger partial charge in [0, 0.05) is 22.9 Å². The van der Waals surface area contributed by atoms with Gasteiger partial charge in [-0.1, -0.05) is 18.2 Å². The molecule has 0 aliphatic rings. The van der Waals surface area contributed by atoms with E-state index in [0.29, 0.717) is 0 Å². The Morgan fingerprint density at radius 1 is 0.826 bits per heavy atom. The highest BCUT2D eigenvalue weighted by atomic mass is 16.3. The molecule has 23 heavy (non-hydrogen) atoms. The van der Waals surface area contributed by atoms with Crippen LogP contribution in [0.4, 0.5) is 0 Å². The molecule has 4 aromatic rings. The highest BCUT2D eigenvalue weighted by molar-refractivity contribution is 6.08. The van der Waals surface area contributed by atoms with E-state index in [0.717, 1.165) is 11.2 Å². The molecule has 0 radical (unpaired) electrons. The molecule has 0 aliphatic heterocycles. The Bertz CT molecular complexity index is 1060. The molecule has 0 bridgehead atoms. The Morgan fingerprint density at radius 3 is 2.43 bits per heavy atom. The van der Waals surface area contributed by atoms with E-state index in [9.17, 15) is 0 Å². The van der Waals surface area contributed by atoms with Gasteiger partial charge < -0.3 is 4.42 Å². The summed E-state index contributed by atoms with van der Waals surface area (Å²) in [5.74, 6) is 0. The molecule has 2 aromatic heterocycles. The van der Waals surface area contributed by atoms with Gasteiger partial charge in [0.15, 0.2) is 6.20 Å². The maximum absolute atomic E-state index is 6.21. The number of aromatic nitrogens is 1. The van der Waals surface area contributed by atoms with Gasteiger partial charge in [0.1, 0.15) is 18.2 Å². The summed E-state index contributed by atoms with van der Waals surface area (Å²) in [6, 6.07) is 14.9. The molecule has 114 valence electrons. The maximum atomic E-state index is 6.21. The lowest BCUT2D eigenvalue weighted by Crippen LogP contribution is -2.30. The van der Waals surface area contributed by atoms with Crippen LogP contribution < -0.4 is 4.57 Å². The van der Waals surface area contributed by atoms with E-state index >= 15 is 0 Å². The first-order valence-corrected chi connectivity index (χ1v) is 7.95. The highest BCUT2D eigenvalue weighted by Gasteiger charge is 2.19. The van der Waals surface area contributed by atoms with E-state index in [1.807, 2.05) is 0 Å². The number of pyridine rings is 1. The smallest absolute Gasteiger partial charge is 0.212 e. The number of para-hydroxylation sites is 1. The van der Waals surface area contributed by atoms with E-state index in [2.05, 4.69) is 81.0 Å². The zero-order valence-corrected chi connectivity index (χ0v) is 14.0. The summed E-state index contributed by atoms with van der Waals surface area (Å²) in [7, 11) is 2.09. The summed E-state index contributed by atoms with van der Waals surface area (Å²) >= 11 is 0. The van der Waals surface area contributed by atoms with E-state index in [-0.39, 0.29) is 0 Å². The third kappa shape index (κ3) is 1.98. The summed E-state index contributed by atoms with van der Waals surface area (Å²) in [5.41, 5.74) is 8.17. The quantitative estimate of drug-likeness (QED) is 0.452. The zero-order valence-electron chi connectivity index (χ0n) is 14.0. The molecule has 0 saturated carbocycles. The van der Waals surface area contributed by atoms with E-state index in [1.165, 1.54) is 38.7 Å². The van der Waals surface area contributed by atoms with Crippen molar-refractivity contribution in [3.05, 3.63) is 65.4 Å². The SMILES string of the molecule is Cc1c(-c2cccc[n+]2C)cc2c(oc3c(C)cccc32)c1C. The van der Waals surface area contributed by atoms with Crippen molar-refractivity contribution in [2.24, 2.45) is 7.05 Å². The normalized spacial score (nSPS) is 11.5. The highest BCUT2D eigenvalue weighted by Crippen LogP contribution is 2.37. The summed E-state index contributed by atoms with van der Waals surface area (Å²) in [6.07, 6.45) is 2.09. The average Bonchev–Trinajstić information content (AvgIpc) is 2.92. The van der Waals surface area contributed by atoms with Gasteiger partial charge in [-0.3, -0.25) is 0 Å². The number of hydrogen-bond donors (Lipinski definition) is 0. The second-order valence-electron chi connectivity index (χ2n) is 6.30. The van der Waals surface area contributed by atoms with Crippen molar-refractivity contribution in [1.82, 2.24) is 0 Å². The molecule has 2 heteroatoms. The van der Waals surface area contributed by atoms with Crippen molar-refractivity contribution in [3.8, 4) is 11.3 Å². The molecule has 2 heterocycles. The van der Waals surface area contributed by atoms with Crippen molar-refractivity contribution < 1.29 is 8.98 Å². The van der Waals surface area contributed by atoms with Crippen LogP contribution in [0.3, 0.4) is 0 Å². The van der Waals surface area contributed by atoms with Crippen LogP contribution in [0, 0.1) is 20.8 Å². The fourth-order valence-corrected chi connectivity index (χ4v) is 3.40. The molecule has 2 nitrogen and oxygen atoms in total. The van der Waals surface area contributed by atoms with Crippen LogP contribution >= 0.6 is 0 Å². The van der Waals surface area contributed by atoms with Crippen molar-refractivity contribution in [2.75, 3.05) is 0 Å². The maximum Gasteiger partial charge on any atom is 0.212 e. The van der Waals surface area contributed by atoms with Gasteiger partial charge >= 0.3 is 0 Å². The summed E-state index contributed by atoms with van der Waals surface area (Å²) in [4.78, 5) is 0. The van der Waals surface area contributed by atoms with Crippen LogP contribution in [0.5, 0.6) is 0 Å².